The molecular formula is C20H28ClN5O2. The van der Waals surface area contributed by atoms with Crippen molar-refractivity contribution in [3.63, 3.8) is 0 Å². The molecule has 0 radical (unpaired) electrons. The summed E-state index contributed by atoms with van der Waals surface area (Å²) in [7, 11) is 0. The zero-order valence-electron chi connectivity index (χ0n) is 16.1. The third kappa shape index (κ3) is 4.05. The van der Waals surface area contributed by atoms with E-state index in [2.05, 4.69) is 19.8 Å². The molecule has 2 N–H and O–H groups in total. The quantitative estimate of drug-likeness (QED) is 0.719. The molecule has 0 saturated carbocycles. The molecule has 0 unspecified atom stereocenters. The molecule has 1 aliphatic carbocycles. The van der Waals surface area contributed by atoms with Crippen molar-refractivity contribution in [2.45, 2.75) is 45.1 Å². The second-order valence-corrected chi connectivity index (χ2v) is 8.09. The zero-order valence-corrected chi connectivity index (χ0v) is 16.9. The number of anilines is 1. The van der Waals surface area contributed by atoms with E-state index < -0.39 is 0 Å². The molecule has 1 saturated heterocycles. The van der Waals surface area contributed by atoms with Gasteiger partial charge in [-0.1, -0.05) is 11.6 Å². The van der Waals surface area contributed by atoms with Crippen molar-refractivity contribution in [2.24, 2.45) is 0 Å². The number of rotatable bonds is 6. The highest BCUT2D eigenvalue weighted by Gasteiger charge is 2.24. The molecule has 0 spiro atoms. The summed E-state index contributed by atoms with van der Waals surface area (Å²) in [5.41, 5.74) is 1.92. The molecule has 0 atom stereocenters. The minimum atomic E-state index is 0.281. The van der Waals surface area contributed by atoms with Crippen molar-refractivity contribution in [2.75, 3.05) is 37.6 Å². The summed E-state index contributed by atoms with van der Waals surface area (Å²) in [6, 6.07) is 0. The van der Waals surface area contributed by atoms with Crippen LogP contribution in [0.25, 0.3) is 0 Å². The molecule has 2 aliphatic rings. The van der Waals surface area contributed by atoms with Crippen LogP contribution in [-0.4, -0.2) is 62.4 Å². The van der Waals surface area contributed by atoms with Gasteiger partial charge in [0.15, 0.2) is 11.8 Å². The number of hydrogen-bond acceptors (Lipinski definition) is 6. The summed E-state index contributed by atoms with van der Waals surface area (Å²) in [6.45, 7) is 5.51. The molecule has 1 aliphatic heterocycles. The molecule has 7 nitrogen and oxygen atoms in total. The van der Waals surface area contributed by atoms with Crippen molar-refractivity contribution in [3.8, 4) is 11.8 Å². The zero-order chi connectivity index (χ0) is 19.5. The summed E-state index contributed by atoms with van der Waals surface area (Å²) < 4.78 is 1.70. The van der Waals surface area contributed by atoms with Gasteiger partial charge >= 0.3 is 0 Å². The normalized spacial score (nSPS) is 17.7. The lowest BCUT2D eigenvalue weighted by molar-refractivity contribution is 0.249. The van der Waals surface area contributed by atoms with Gasteiger partial charge in [0.1, 0.15) is 11.0 Å². The first kappa shape index (κ1) is 19.3. The van der Waals surface area contributed by atoms with Crippen molar-refractivity contribution in [3.05, 3.63) is 28.7 Å². The van der Waals surface area contributed by atoms with Crippen molar-refractivity contribution < 1.29 is 10.2 Å². The number of fused-ring (bicyclic) bond motifs is 1. The molecule has 8 heteroatoms. The standard InChI is InChI=1S/C20H28ClN5O2/c21-17-13-22-14-18(23-17)25-11-9-24(10-12-25)7-3-4-8-26-19(27)15-5-1-2-6-16(15)20(26)28/h13-14,27-28H,1-12H2. The van der Waals surface area contributed by atoms with Crippen LogP contribution in [0.5, 0.6) is 11.8 Å². The smallest absolute Gasteiger partial charge is 0.197 e. The predicted octanol–water partition coefficient (Wildman–Crippen LogP) is 2.82. The lowest BCUT2D eigenvalue weighted by Gasteiger charge is -2.35. The molecule has 2 aromatic heterocycles. The number of aromatic nitrogens is 3. The van der Waals surface area contributed by atoms with Gasteiger partial charge in [0.25, 0.3) is 0 Å². The molecule has 4 rings (SSSR count). The average Bonchev–Trinajstić information content (AvgIpc) is 2.96. The lowest BCUT2D eigenvalue weighted by atomic mass is 9.95. The van der Waals surface area contributed by atoms with Gasteiger partial charge in [-0.25, -0.2) is 4.98 Å². The summed E-state index contributed by atoms with van der Waals surface area (Å²) in [5, 5.41) is 21.3. The van der Waals surface area contributed by atoms with Crippen LogP contribution in [-0.2, 0) is 19.4 Å². The molecule has 0 amide bonds. The Morgan fingerprint density at radius 1 is 0.893 bits per heavy atom. The molecule has 28 heavy (non-hydrogen) atoms. The van der Waals surface area contributed by atoms with E-state index in [1.807, 2.05) is 0 Å². The van der Waals surface area contributed by atoms with Crippen LogP contribution in [0.4, 0.5) is 5.82 Å². The Kier molecular flexibility index (Phi) is 5.92. The monoisotopic (exact) mass is 405 g/mol. The molecule has 2 aromatic rings. The Morgan fingerprint density at radius 2 is 1.54 bits per heavy atom. The van der Waals surface area contributed by atoms with Crippen molar-refractivity contribution in [1.29, 1.82) is 0 Å². The van der Waals surface area contributed by atoms with E-state index in [0.29, 0.717) is 11.7 Å². The lowest BCUT2D eigenvalue weighted by Crippen LogP contribution is -2.47. The number of hydrogen-bond donors (Lipinski definition) is 2. The predicted molar refractivity (Wildman–Crippen MR) is 109 cm³/mol. The number of unbranched alkanes of at least 4 members (excludes halogenated alkanes) is 1. The van der Waals surface area contributed by atoms with E-state index in [9.17, 15) is 10.2 Å². The fraction of sp³-hybridized carbons (Fsp3) is 0.600. The van der Waals surface area contributed by atoms with Gasteiger partial charge < -0.3 is 15.1 Å². The molecule has 1 fully saturated rings. The second-order valence-electron chi connectivity index (χ2n) is 7.70. The Hall–Kier alpha value is -1.99. The van der Waals surface area contributed by atoms with E-state index in [-0.39, 0.29) is 11.8 Å². The van der Waals surface area contributed by atoms with Crippen LogP contribution < -0.4 is 4.90 Å². The third-order valence-corrected chi connectivity index (χ3v) is 6.10. The maximum absolute atomic E-state index is 10.4. The van der Waals surface area contributed by atoms with Crippen molar-refractivity contribution >= 4 is 17.4 Å². The Bertz CT molecular complexity index is 788. The minimum absolute atomic E-state index is 0.281. The average molecular weight is 406 g/mol. The Morgan fingerprint density at radius 3 is 2.18 bits per heavy atom. The van der Waals surface area contributed by atoms with Crippen LogP contribution in [0, 0.1) is 0 Å². The first-order valence-electron chi connectivity index (χ1n) is 10.2. The molecule has 0 aromatic carbocycles. The van der Waals surface area contributed by atoms with Crippen LogP contribution in [0.1, 0.15) is 36.8 Å². The van der Waals surface area contributed by atoms with Crippen molar-refractivity contribution in [1.82, 2.24) is 19.4 Å². The number of nitrogens with zero attached hydrogens (tertiary/aromatic N) is 5. The van der Waals surface area contributed by atoms with Gasteiger partial charge in [-0.2, -0.15) is 0 Å². The minimum Gasteiger partial charge on any atom is -0.494 e. The molecular weight excluding hydrogens is 378 g/mol. The van der Waals surface area contributed by atoms with E-state index >= 15 is 0 Å². The molecule has 3 heterocycles. The summed E-state index contributed by atoms with van der Waals surface area (Å²) in [4.78, 5) is 13.1. The van der Waals surface area contributed by atoms with Gasteiger partial charge in [-0.3, -0.25) is 14.5 Å². The van der Waals surface area contributed by atoms with Crippen LogP contribution in [0.2, 0.25) is 5.15 Å². The van der Waals surface area contributed by atoms with E-state index in [1.165, 1.54) is 0 Å². The van der Waals surface area contributed by atoms with Gasteiger partial charge in [0.2, 0.25) is 0 Å². The number of aromatic hydroxyl groups is 2. The molecule has 0 bridgehead atoms. The second kappa shape index (κ2) is 8.57. The maximum atomic E-state index is 10.4. The largest absolute Gasteiger partial charge is 0.494 e. The highest BCUT2D eigenvalue weighted by molar-refractivity contribution is 6.29. The van der Waals surface area contributed by atoms with E-state index in [1.54, 1.807) is 17.0 Å². The molecule has 152 valence electrons. The van der Waals surface area contributed by atoms with Gasteiger partial charge in [-0.05, 0) is 45.1 Å². The fourth-order valence-electron chi connectivity index (χ4n) is 4.33. The van der Waals surface area contributed by atoms with Gasteiger partial charge in [-0.15, -0.1) is 0 Å². The summed E-state index contributed by atoms with van der Waals surface area (Å²) in [5.74, 6) is 1.40. The fourth-order valence-corrected chi connectivity index (χ4v) is 4.47. The number of halogens is 1. The third-order valence-electron chi connectivity index (χ3n) is 5.91. The highest BCUT2D eigenvalue weighted by Crippen LogP contribution is 2.38. The van der Waals surface area contributed by atoms with Gasteiger partial charge in [0.05, 0.1) is 12.4 Å². The topological polar surface area (TPSA) is 77.7 Å². The van der Waals surface area contributed by atoms with Crippen LogP contribution in [0.3, 0.4) is 0 Å². The first-order chi connectivity index (χ1) is 13.6. The summed E-state index contributed by atoms with van der Waals surface area (Å²) >= 11 is 5.93. The number of piperazine rings is 1. The van der Waals surface area contributed by atoms with E-state index in [4.69, 9.17) is 11.6 Å². The maximum Gasteiger partial charge on any atom is 0.197 e. The summed E-state index contributed by atoms with van der Waals surface area (Å²) in [6.07, 6.45) is 9.24. The van der Waals surface area contributed by atoms with E-state index in [0.717, 1.165) is 88.2 Å². The first-order valence-corrected chi connectivity index (χ1v) is 10.6. The van der Waals surface area contributed by atoms with Crippen LogP contribution >= 0.6 is 11.6 Å². The SMILES string of the molecule is Oc1c2c(c(O)n1CCCCN1CCN(c3cncc(Cl)n3)CC1)CCCC2. The Labute approximate surface area is 170 Å². The van der Waals surface area contributed by atoms with Gasteiger partial charge in [0, 0.05) is 43.9 Å². The van der Waals surface area contributed by atoms with Crippen LogP contribution in [0.15, 0.2) is 12.4 Å². The Balaban J connectivity index is 1.22. The highest BCUT2D eigenvalue weighted by atomic mass is 35.5.